The fraction of sp³-hybridized carbons (Fsp3) is 0.381. The normalized spacial score (nSPS) is 26.2. The smallest absolute Gasteiger partial charge is 0.127 e. The van der Waals surface area contributed by atoms with E-state index in [0.717, 1.165) is 28.5 Å². The highest BCUT2D eigenvalue weighted by molar-refractivity contribution is 5.87. The van der Waals surface area contributed by atoms with E-state index in [1.165, 1.54) is 31.2 Å². The fourth-order valence-electron chi connectivity index (χ4n) is 4.27. The van der Waals surface area contributed by atoms with Crippen molar-refractivity contribution in [1.82, 2.24) is 0 Å². The van der Waals surface area contributed by atoms with Gasteiger partial charge in [-0.3, -0.25) is 4.99 Å². The molecule has 2 aliphatic carbocycles. The second-order valence-electron chi connectivity index (χ2n) is 7.12. The maximum absolute atomic E-state index is 10.4. The Morgan fingerprint density at radius 3 is 2.57 bits per heavy atom. The number of phenolic OH excluding ortho intramolecular Hbond substituents is 1. The maximum Gasteiger partial charge on any atom is 0.127 e. The number of aliphatic imine (C=N–C) groups is 1. The summed E-state index contributed by atoms with van der Waals surface area (Å²) < 4.78 is 0. The summed E-state index contributed by atoms with van der Waals surface area (Å²) >= 11 is 0. The lowest BCUT2D eigenvalue weighted by Crippen LogP contribution is -2.14. The standard InChI is InChI=1S/C21H23NO/c1-14-9-18(16-5-3-2-4-6-16)12-19(21(14)23)13-22-20-11-15-7-8-17(20)10-15/h2-6,9,12-13,15,17,20,23H,7-8,10-11H2,1H3. The van der Waals surface area contributed by atoms with Crippen molar-refractivity contribution in [2.24, 2.45) is 16.8 Å². The number of phenols is 1. The van der Waals surface area contributed by atoms with Gasteiger partial charge in [0.25, 0.3) is 0 Å². The van der Waals surface area contributed by atoms with Gasteiger partial charge < -0.3 is 5.11 Å². The van der Waals surface area contributed by atoms with Crippen molar-refractivity contribution in [3.63, 3.8) is 0 Å². The van der Waals surface area contributed by atoms with E-state index in [0.29, 0.717) is 11.8 Å². The summed E-state index contributed by atoms with van der Waals surface area (Å²) in [5.74, 6) is 2.03. The molecule has 23 heavy (non-hydrogen) atoms. The Morgan fingerprint density at radius 1 is 1.04 bits per heavy atom. The minimum Gasteiger partial charge on any atom is -0.507 e. The average molecular weight is 305 g/mol. The van der Waals surface area contributed by atoms with Crippen LogP contribution < -0.4 is 0 Å². The van der Waals surface area contributed by atoms with Gasteiger partial charge in [0.15, 0.2) is 0 Å². The Kier molecular flexibility index (Phi) is 3.68. The van der Waals surface area contributed by atoms with Crippen molar-refractivity contribution >= 4 is 6.21 Å². The Bertz CT molecular complexity index is 735. The lowest BCUT2D eigenvalue weighted by molar-refractivity contribution is 0.421. The molecule has 1 N–H and O–H groups in total. The van der Waals surface area contributed by atoms with Crippen LogP contribution in [-0.4, -0.2) is 17.4 Å². The van der Waals surface area contributed by atoms with Crippen LogP contribution in [0.4, 0.5) is 0 Å². The fourth-order valence-corrected chi connectivity index (χ4v) is 4.27. The third kappa shape index (κ3) is 2.78. The predicted molar refractivity (Wildman–Crippen MR) is 95.1 cm³/mol. The first-order valence-corrected chi connectivity index (χ1v) is 8.63. The number of fused-ring (bicyclic) bond motifs is 2. The lowest BCUT2D eigenvalue weighted by Gasteiger charge is -2.17. The Balaban J connectivity index is 1.64. The van der Waals surface area contributed by atoms with Crippen LogP contribution in [0.1, 0.15) is 36.8 Å². The van der Waals surface area contributed by atoms with Gasteiger partial charge in [0, 0.05) is 11.8 Å². The van der Waals surface area contributed by atoms with Crippen LogP contribution >= 0.6 is 0 Å². The molecule has 2 nitrogen and oxygen atoms in total. The summed E-state index contributed by atoms with van der Waals surface area (Å²) in [4.78, 5) is 4.83. The Morgan fingerprint density at radius 2 is 1.87 bits per heavy atom. The third-order valence-electron chi connectivity index (χ3n) is 5.54. The zero-order chi connectivity index (χ0) is 15.8. The minimum atomic E-state index is 0.358. The summed E-state index contributed by atoms with van der Waals surface area (Å²) in [7, 11) is 0. The van der Waals surface area contributed by atoms with Crippen molar-refractivity contribution in [3.05, 3.63) is 53.6 Å². The molecule has 0 heterocycles. The molecule has 4 rings (SSSR count). The molecular weight excluding hydrogens is 282 g/mol. The van der Waals surface area contributed by atoms with Gasteiger partial charge in [-0.05, 0) is 66.8 Å². The molecule has 0 spiro atoms. The minimum absolute atomic E-state index is 0.358. The summed E-state index contributed by atoms with van der Waals surface area (Å²) in [6, 6.07) is 14.9. The van der Waals surface area contributed by atoms with Crippen LogP contribution in [0.2, 0.25) is 0 Å². The van der Waals surface area contributed by atoms with Gasteiger partial charge in [-0.25, -0.2) is 0 Å². The number of hydrogen-bond acceptors (Lipinski definition) is 2. The maximum atomic E-state index is 10.4. The van der Waals surface area contributed by atoms with Crippen LogP contribution in [0.15, 0.2) is 47.5 Å². The molecule has 2 aromatic rings. The van der Waals surface area contributed by atoms with Crippen molar-refractivity contribution in [1.29, 1.82) is 0 Å². The van der Waals surface area contributed by atoms with Crippen molar-refractivity contribution < 1.29 is 5.11 Å². The van der Waals surface area contributed by atoms with Gasteiger partial charge in [0.05, 0.1) is 6.04 Å². The van der Waals surface area contributed by atoms with Crippen LogP contribution in [-0.2, 0) is 0 Å². The largest absolute Gasteiger partial charge is 0.507 e. The first-order chi connectivity index (χ1) is 11.2. The van der Waals surface area contributed by atoms with Crippen LogP contribution in [0.25, 0.3) is 11.1 Å². The van der Waals surface area contributed by atoms with Gasteiger partial charge in [-0.1, -0.05) is 36.8 Å². The van der Waals surface area contributed by atoms with E-state index in [9.17, 15) is 5.11 Å². The molecule has 2 fully saturated rings. The van der Waals surface area contributed by atoms with Gasteiger partial charge >= 0.3 is 0 Å². The molecule has 2 aliphatic rings. The van der Waals surface area contributed by atoms with Crippen LogP contribution in [0, 0.1) is 18.8 Å². The molecule has 0 saturated heterocycles. The SMILES string of the molecule is Cc1cc(-c2ccccc2)cc(C=NC2CC3CCC2C3)c1O. The zero-order valence-electron chi connectivity index (χ0n) is 13.6. The number of aryl methyl sites for hydroxylation is 1. The molecule has 3 unspecified atom stereocenters. The molecule has 2 saturated carbocycles. The van der Waals surface area contributed by atoms with Crippen LogP contribution in [0.3, 0.4) is 0 Å². The third-order valence-corrected chi connectivity index (χ3v) is 5.54. The number of nitrogens with zero attached hydrogens (tertiary/aromatic N) is 1. The molecule has 0 aliphatic heterocycles. The highest BCUT2D eigenvalue weighted by atomic mass is 16.3. The monoisotopic (exact) mass is 305 g/mol. The molecule has 118 valence electrons. The van der Waals surface area contributed by atoms with Gasteiger partial charge in [0.1, 0.15) is 5.75 Å². The molecule has 3 atom stereocenters. The number of benzene rings is 2. The molecule has 2 aromatic carbocycles. The number of rotatable bonds is 3. The Hall–Kier alpha value is -2.09. The average Bonchev–Trinajstić information content (AvgIpc) is 3.20. The molecule has 2 heteroatoms. The number of hydrogen-bond donors (Lipinski definition) is 1. The Labute approximate surface area is 137 Å². The molecule has 0 radical (unpaired) electrons. The summed E-state index contributed by atoms with van der Waals surface area (Å²) in [5, 5.41) is 10.4. The lowest BCUT2D eigenvalue weighted by atomic mass is 9.95. The van der Waals surface area contributed by atoms with E-state index in [2.05, 4.69) is 12.1 Å². The van der Waals surface area contributed by atoms with Gasteiger partial charge in [-0.2, -0.15) is 0 Å². The molecule has 2 bridgehead atoms. The van der Waals surface area contributed by atoms with Crippen LogP contribution in [0.5, 0.6) is 5.75 Å². The second-order valence-corrected chi connectivity index (χ2v) is 7.12. The van der Waals surface area contributed by atoms with Gasteiger partial charge in [0.2, 0.25) is 0 Å². The van der Waals surface area contributed by atoms with E-state index >= 15 is 0 Å². The topological polar surface area (TPSA) is 32.6 Å². The van der Waals surface area contributed by atoms with Crippen molar-refractivity contribution in [3.8, 4) is 16.9 Å². The van der Waals surface area contributed by atoms with Crippen molar-refractivity contribution in [2.45, 2.75) is 38.6 Å². The van der Waals surface area contributed by atoms with Crippen molar-refractivity contribution in [2.75, 3.05) is 0 Å². The van der Waals surface area contributed by atoms with E-state index in [1.54, 1.807) is 0 Å². The predicted octanol–water partition coefficient (Wildman–Crippen LogP) is 4.98. The highest BCUT2D eigenvalue weighted by Crippen LogP contribution is 2.46. The summed E-state index contributed by atoms with van der Waals surface area (Å²) in [6.07, 6.45) is 7.22. The first-order valence-electron chi connectivity index (χ1n) is 8.63. The number of aromatic hydroxyl groups is 1. The molecule has 0 aromatic heterocycles. The van der Waals surface area contributed by atoms with E-state index in [4.69, 9.17) is 4.99 Å². The summed E-state index contributed by atoms with van der Waals surface area (Å²) in [6.45, 7) is 1.96. The molecule has 0 amide bonds. The van der Waals surface area contributed by atoms with E-state index in [1.807, 2.05) is 43.5 Å². The summed E-state index contributed by atoms with van der Waals surface area (Å²) in [5.41, 5.74) is 4.05. The first kappa shape index (κ1) is 14.5. The zero-order valence-corrected chi connectivity index (χ0v) is 13.6. The van der Waals surface area contributed by atoms with E-state index < -0.39 is 0 Å². The molecular formula is C21H23NO. The van der Waals surface area contributed by atoms with E-state index in [-0.39, 0.29) is 0 Å². The highest BCUT2D eigenvalue weighted by Gasteiger charge is 2.39. The quantitative estimate of drug-likeness (QED) is 0.797. The second kappa shape index (κ2) is 5.84. The van der Waals surface area contributed by atoms with Gasteiger partial charge in [-0.15, -0.1) is 0 Å².